The molecule has 0 aliphatic heterocycles. The quantitative estimate of drug-likeness (QED) is 0.840. The summed E-state index contributed by atoms with van der Waals surface area (Å²) in [5.74, 6) is 1.25. The van der Waals surface area contributed by atoms with Crippen LogP contribution in [-0.2, 0) is 6.54 Å². The molecule has 1 aliphatic rings. The first-order valence-electron chi connectivity index (χ1n) is 6.92. The summed E-state index contributed by atoms with van der Waals surface area (Å²) in [6.07, 6.45) is 2.83. The van der Waals surface area contributed by atoms with E-state index in [1.165, 1.54) is 18.4 Å². The minimum absolute atomic E-state index is 0.198. The van der Waals surface area contributed by atoms with Crippen molar-refractivity contribution in [3.63, 3.8) is 0 Å². The highest BCUT2D eigenvalue weighted by atomic mass is 16.5. The Balaban J connectivity index is 2.00. The van der Waals surface area contributed by atoms with E-state index in [-0.39, 0.29) is 6.10 Å². The maximum absolute atomic E-state index is 5.88. The lowest BCUT2D eigenvalue weighted by atomic mass is 10.1. The number of aryl methyl sites for hydroxylation is 1. The van der Waals surface area contributed by atoms with E-state index in [1.807, 2.05) is 6.92 Å². The fraction of sp³-hybridized carbons (Fsp3) is 0.667. The van der Waals surface area contributed by atoms with Crippen molar-refractivity contribution in [1.29, 1.82) is 0 Å². The standard InChI is InChI=1S/C15H24N2O/c1-10(2)12(4)18-15-8-13(7-11(3)17-15)9-16-14-5-6-14/h7-8,10,12,14,16H,5-6,9H2,1-4H3. The Morgan fingerprint density at radius 3 is 2.67 bits per heavy atom. The zero-order valence-corrected chi connectivity index (χ0v) is 11.9. The van der Waals surface area contributed by atoms with E-state index in [0.717, 1.165) is 24.2 Å². The molecule has 100 valence electrons. The Labute approximate surface area is 110 Å². The summed E-state index contributed by atoms with van der Waals surface area (Å²) >= 11 is 0. The first-order chi connectivity index (χ1) is 8.54. The van der Waals surface area contributed by atoms with Gasteiger partial charge in [-0.25, -0.2) is 4.98 Å². The van der Waals surface area contributed by atoms with Crippen LogP contribution in [0.15, 0.2) is 12.1 Å². The van der Waals surface area contributed by atoms with Crippen molar-refractivity contribution in [2.75, 3.05) is 0 Å². The number of hydrogen-bond donors (Lipinski definition) is 1. The molecule has 18 heavy (non-hydrogen) atoms. The lowest BCUT2D eigenvalue weighted by Crippen LogP contribution is -2.20. The van der Waals surface area contributed by atoms with Crippen LogP contribution in [-0.4, -0.2) is 17.1 Å². The first kappa shape index (κ1) is 13.3. The monoisotopic (exact) mass is 248 g/mol. The van der Waals surface area contributed by atoms with Crippen molar-refractivity contribution in [2.24, 2.45) is 5.92 Å². The van der Waals surface area contributed by atoms with Crippen molar-refractivity contribution in [2.45, 2.75) is 59.2 Å². The summed E-state index contributed by atoms with van der Waals surface area (Å²) < 4.78 is 5.88. The third-order valence-corrected chi connectivity index (χ3v) is 3.41. The van der Waals surface area contributed by atoms with Crippen molar-refractivity contribution in [1.82, 2.24) is 10.3 Å². The number of rotatable bonds is 6. The summed E-state index contributed by atoms with van der Waals surface area (Å²) in [5, 5.41) is 3.52. The van der Waals surface area contributed by atoms with E-state index in [9.17, 15) is 0 Å². The number of pyridine rings is 1. The molecule has 1 saturated carbocycles. The highest BCUT2D eigenvalue weighted by Crippen LogP contribution is 2.21. The molecule has 0 aromatic carbocycles. The molecule has 0 saturated heterocycles. The Bertz CT molecular complexity index is 399. The van der Waals surface area contributed by atoms with Crippen molar-refractivity contribution >= 4 is 0 Å². The van der Waals surface area contributed by atoms with Gasteiger partial charge in [-0.3, -0.25) is 0 Å². The fourth-order valence-electron chi connectivity index (χ4n) is 1.75. The summed E-state index contributed by atoms with van der Waals surface area (Å²) in [4.78, 5) is 4.45. The van der Waals surface area contributed by atoms with Crippen LogP contribution in [0.5, 0.6) is 5.88 Å². The summed E-state index contributed by atoms with van der Waals surface area (Å²) in [5.41, 5.74) is 2.29. The average Bonchev–Trinajstić information content (AvgIpc) is 3.09. The molecule has 3 heteroatoms. The average molecular weight is 248 g/mol. The van der Waals surface area contributed by atoms with Crippen LogP contribution in [0.3, 0.4) is 0 Å². The van der Waals surface area contributed by atoms with Gasteiger partial charge in [0, 0.05) is 24.3 Å². The van der Waals surface area contributed by atoms with Crippen LogP contribution >= 0.6 is 0 Å². The fourth-order valence-corrected chi connectivity index (χ4v) is 1.75. The van der Waals surface area contributed by atoms with Gasteiger partial charge in [-0.1, -0.05) is 13.8 Å². The van der Waals surface area contributed by atoms with Crippen molar-refractivity contribution in [3.8, 4) is 5.88 Å². The van der Waals surface area contributed by atoms with Gasteiger partial charge in [-0.2, -0.15) is 0 Å². The highest BCUT2D eigenvalue weighted by Gasteiger charge is 2.20. The van der Waals surface area contributed by atoms with E-state index in [2.05, 4.69) is 43.2 Å². The molecule has 1 heterocycles. The van der Waals surface area contributed by atoms with Gasteiger partial charge in [0.05, 0.1) is 6.10 Å². The van der Waals surface area contributed by atoms with Crippen LogP contribution in [0.2, 0.25) is 0 Å². The second kappa shape index (κ2) is 5.70. The Morgan fingerprint density at radius 1 is 1.33 bits per heavy atom. The smallest absolute Gasteiger partial charge is 0.214 e. The predicted molar refractivity (Wildman–Crippen MR) is 73.8 cm³/mol. The van der Waals surface area contributed by atoms with Gasteiger partial charge in [0.25, 0.3) is 0 Å². The molecule has 1 aromatic rings. The van der Waals surface area contributed by atoms with E-state index >= 15 is 0 Å². The molecule has 1 aliphatic carbocycles. The topological polar surface area (TPSA) is 34.1 Å². The molecule has 2 rings (SSSR count). The zero-order chi connectivity index (χ0) is 13.1. The van der Waals surface area contributed by atoms with Crippen molar-refractivity contribution < 1.29 is 4.74 Å². The third kappa shape index (κ3) is 3.98. The second-order valence-corrected chi connectivity index (χ2v) is 5.68. The van der Waals surface area contributed by atoms with Gasteiger partial charge < -0.3 is 10.1 Å². The molecule has 1 atom stereocenters. The molecule has 1 unspecified atom stereocenters. The minimum atomic E-state index is 0.198. The zero-order valence-electron chi connectivity index (χ0n) is 11.9. The number of nitrogens with one attached hydrogen (secondary N) is 1. The number of nitrogens with zero attached hydrogens (tertiary/aromatic N) is 1. The van der Waals surface area contributed by atoms with E-state index < -0.39 is 0 Å². The van der Waals surface area contributed by atoms with Gasteiger partial charge in [0.2, 0.25) is 5.88 Å². The van der Waals surface area contributed by atoms with E-state index in [4.69, 9.17) is 4.74 Å². The molecule has 1 aromatic heterocycles. The molecule has 0 bridgehead atoms. The van der Waals surface area contributed by atoms with Gasteiger partial charge in [-0.15, -0.1) is 0 Å². The molecular formula is C15H24N2O. The Hall–Kier alpha value is -1.09. The van der Waals surface area contributed by atoms with E-state index in [0.29, 0.717) is 5.92 Å². The number of ether oxygens (including phenoxy) is 1. The third-order valence-electron chi connectivity index (χ3n) is 3.41. The molecule has 1 fully saturated rings. The maximum Gasteiger partial charge on any atom is 0.214 e. The minimum Gasteiger partial charge on any atom is -0.474 e. The van der Waals surface area contributed by atoms with Crippen molar-refractivity contribution in [3.05, 3.63) is 23.4 Å². The largest absolute Gasteiger partial charge is 0.474 e. The normalized spacial score (nSPS) is 16.9. The Kier molecular flexibility index (Phi) is 4.23. The van der Waals surface area contributed by atoms with Gasteiger partial charge >= 0.3 is 0 Å². The van der Waals surface area contributed by atoms with Crippen LogP contribution < -0.4 is 10.1 Å². The highest BCUT2D eigenvalue weighted by molar-refractivity contribution is 5.25. The van der Waals surface area contributed by atoms with Crippen LogP contribution in [0, 0.1) is 12.8 Å². The molecule has 0 radical (unpaired) electrons. The first-order valence-corrected chi connectivity index (χ1v) is 6.92. The lowest BCUT2D eigenvalue weighted by molar-refractivity contribution is 0.163. The molecule has 3 nitrogen and oxygen atoms in total. The molecule has 1 N–H and O–H groups in total. The lowest BCUT2D eigenvalue weighted by Gasteiger charge is -2.18. The predicted octanol–water partition coefficient (Wildman–Crippen LogP) is 3.07. The van der Waals surface area contributed by atoms with Crippen LogP contribution in [0.1, 0.15) is 44.9 Å². The maximum atomic E-state index is 5.88. The number of hydrogen-bond acceptors (Lipinski definition) is 3. The summed E-state index contributed by atoms with van der Waals surface area (Å²) in [6, 6.07) is 4.92. The Morgan fingerprint density at radius 2 is 2.06 bits per heavy atom. The molecule has 0 amide bonds. The van der Waals surface area contributed by atoms with Crippen LogP contribution in [0.25, 0.3) is 0 Å². The molecule has 0 spiro atoms. The van der Waals surface area contributed by atoms with Crippen LogP contribution in [0.4, 0.5) is 0 Å². The summed E-state index contributed by atoms with van der Waals surface area (Å²) in [6.45, 7) is 9.36. The van der Waals surface area contributed by atoms with Gasteiger partial charge in [-0.05, 0) is 44.2 Å². The SMILES string of the molecule is Cc1cc(CNC2CC2)cc(OC(C)C(C)C)n1. The summed E-state index contributed by atoms with van der Waals surface area (Å²) in [7, 11) is 0. The van der Waals surface area contributed by atoms with E-state index in [1.54, 1.807) is 0 Å². The second-order valence-electron chi connectivity index (χ2n) is 5.68. The van der Waals surface area contributed by atoms with Gasteiger partial charge in [0.1, 0.15) is 0 Å². The number of aromatic nitrogens is 1. The molecular weight excluding hydrogens is 224 g/mol. The van der Waals surface area contributed by atoms with Gasteiger partial charge in [0.15, 0.2) is 0 Å².